The number of carbonyl (C=O) groups is 1. The van der Waals surface area contributed by atoms with E-state index in [1.165, 1.54) is 0 Å². The molecule has 0 aliphatic rings. The maximum absolute atomic E-state index is 13.0. The number of hydrogen-bond donors (Lipinski definition) is 0. The van der Waals surface area contributed by atoms with Crippen molar-refractivity contribution in [3.8, 4) is 23.0 Å². The van der Waals surface area contributed by atoms with E-state index in [4.69, 9.17) is 8.85 Å². The molecule has 0 spiro atoms. The molecule has 2 aromatic rings. The smallest absolute Gasteiger partial charge is 0.493 e. The minimum atomic E-state index is -5.12. The van der Waals surface area contributed by atoms with E-state index in [2.05, 4.69) is 19.2 Å². The van der Waals surface area contributed by atoms with Gasteiger partial charge < -0.3 is 18.9 Å². The topological polar surface area (TPSA) is 66.9 Å². The predicted octanol–water partition coefficient (Wildman–Crippen LogP) is 4.59. The third-order valence-corrected chi connectivity index (χ3v) is 3.04. The second kappa shape index (κ2) is 7.82. The molecule has 0 bridgehead atoms. The number of pyridine rings is 1. The molecule has 152 valence electrons. The summed E-state index contributed by atoms with van der Waals surface area (Å²) in [6.45, 7) is 0. The third kappa shape index (κ3) is 5.18. The Morgan fingerprint density at radius 2 is 1.79 bits per heavy atom. The van der Waals surface area contributed by atoms with Crippen LogP contribution in [0.25, 0.3) is 0 Å². The average molecular weight is 414 g/mol. The van der Waals surface area contributed by atoms with Crippen LogP contribution < -0.4 is 14.2 Å². The summed E-state index contributed by atoms with van der Waals surface area (Å²) in [6, 6.07) is 2.30. The molecule has 0 unspecified atom stereocenters. The molecule has 2 rings (SSSR count). The zero-order valence-corrected chi connectivity index (χ0v) is 13.6. The molecule has 6 nitrogen and oxygen atoms in total. The van der Waals surface area contributed by atoms with Gasteiger partial charge in [-0.15, -0.1) is 13.2 Å². The van der Waals surface area contributed by atoms with Gasteiger partial charge in [-0.25, -0.2) is 9.78 Å². The summed E-state index contributed by atoms with van der Waals surface area (Å²) in [5.41, 5.74) is -2.04. The van der Waals surface area contributed by atoms with Crippen LogP contribution in [0.1, 0.15) is 20.2 Å². The van der Waals surface area contributed by atoms with Crippen LogP contribution in [0.3, 0.4) is 0 Å². The van der Waals surface area contributed by atoms with E-state index in [1.807, 2.05) is 0 Å². The molecule has 1 heterocycles. The first-order valence-corrected chi connectivity index (χ1v) is 7.01. The minimum Gasteiger partial charge on any atom is -0.493 e. The Labute approximate surface area is 157 Å². The molecule has 12 heteroatoms. The first-order valence-electron chi connectivity index (χ1n) is 8.51. The SMILES string of the molecule is [2H]C([2H])([2H])Oc1cc(OC(F)(F)F)ccc1Oc1cc(C(F)(F)F)cnc1C(=O)OC. The highest BCUT2D eigenvalue weighted by atomic mass is 19.4. The number of hydrogen-bond acceptors (Lipinski definition) is 6. The number of methoxy groups -OCH3 is 2. The second-order valence-corrected chi connectivity index (χ2v) is 4.92. The average Bonchev–Trinajstić information content (AvgIpc) is 2.59. The number of benzene rings is 1. The van der Waals surface area contributed by atoms with Gasteiger partial charge in [0.15, 0.2) is 22.9 Å². The van der Waals surface area contributed by atoms with Crippen LogP contribution in [0.2, 0.25) is 0 Å². The van der Waals surface area contributed by atoms with Crippen LogP contribution in [-0.4, -0.2) is 31.5 Å². The maximum Gasteiger partial charge on any atom is 0.573 e. The summed E-state index contributed by atoms with van der Waals surface area (Å²) in [4.78, 5) is 15.1. The molecule has 0 aliphatic carbocycles. The molecular weight excluding hydrogens is 400 g/mol. The number of aromatic nitrogens is 1. The number of carbonyl (C=O) groups excluding carboxylic acids is 1. The van der Waals surface area contributed by atoms with Crippen molar-refractivity contribution in [3.63, 3.8) is 0 Å². The first-order chi connectivity index (χ1) is 14.1. The highest BCUT2D eigenvalue weighted by Crippen LogP contribution is 2.39. The molecule has 0 saturated carbocycles. The molecule has 1 aromatic carbocycles. The van der Waals surface area contributed by atoms with E-state index in [-0.39, 0.29) is 0 Å². The molecule has 0 N–H and O–H groups in total. The lowest BCUT2D eigenvalue weighted by molar-refractivity contribution is -0.274. The molecule has 0 fully saturated rings. The van der Waals surface area contributed by atoms with Gasteiger partial charge in [0.2, 0.25) is 0 Å². The molecular formula is C16H11F6NO5. The van der Waals surface area contributed by atoms with Crippen molar-refractivity contribution in [1.29, 1.82) is 0 Å². The first kappa shape index (κ1) is 17.0. The van der Waals surface area contributed by atoms with Gasteiger partial charge in [0, 0.05) is 12.3 Å². The van der Waals surface area contributed by atoms with Gasteiger partial charge in [0.1, 0.15) is 5.75 Å². The summed E-state index contributed by atoms with van der Waals surface area (Å²) in [5, 5.41) is 0. The fraction of sp³-hybridized carbons (Fsp3) is 0.250. The van der Waals surface area contributed by atoms with Crippen molar-refractivity contribution in [1.82, 2.24) is 4.98 Å². The molecule has 1 aromatic heterocycles. The molecule has 0 atom stereocenters. The second-order valence-electron chi connectivity index (χ2n) is 4.92. The Hall–Kier alpha value is -3.18. The van der Waals surface area contributed by atoms with E-state index < -0.39 is 59.8 Å². The lowest BCUT2D eigenvalue weighted by atomic mass is 10.2. The highest BCUT2D eigenvalue weighted by molar-refractivity contribution is 5.90. The third-order valence-electron chi connectivity index (χ3n) is 3.04. The fourth-order valence-electron chi connectivity index (χ4n) is 1.90. The largest absolute Gasteiger partial charge is 0.573 e. The molecule has 28 heavy (non-hydrogen) atoms. The monoisotopic (exact) mass is 414 g/mol. The summed E-state index contributed by atoms with van der Waals surface area (Å²) in [6.07, 6.45) is -9.68. The zero-order chi connectivity index (χ0) is 23.6. The van der Waals surface area contributed by atoms with Gasteiger partial charge in [0.05, 0.1) is 23.8 Å². The van der Waals surface area contributed by atoms with Crippen molar-refractivity contribution < 1.29 is 54.2 Å². The van der Waals surface area contributed by atoms with Crippen LogP contribution in [0.5, 0.6) is 23.0 Å². The van der Waals surface area contributed by atoms with Gasteiger partial charge in [-0.05, 0) is 18.2 Å². The lowest BCUT2D eigenvalue weighted by Crippen LogP contribution is -2.17. The Morgan fingerprint density at radius 3 is 2.36 bits per heavy atom. The van der Waals surface area contributed by atoms with Gasteiger partial charge in [-0.3, -0.25) is 0 Å². The van der Waals surface area contributed by atoms with E-state index in [1.54, 1.807) is 0 Å². The van der Waals surface area contributed by atoms with E-state index in [9.17, 15) is 31.1 Å². The highest BCUT2D eigenvalue weighted by Gasteiger charge is 2.34. The van der Waals surface area contributed by atoms with Crippen LogP contribution >= 0.6 is 0 Å². The number of rotatable bonds is 5. The van der Waals surface area contributed by atoms with Crippen LogP contribution in [0.4, 0.5) is 26.3 Å². The van der Waals surface area contributed by atoms with E-state index in [0.717, 1.165) is 13.2 Å². The Morgan fingerprint density at radius 1 is 1.07 bits per heavy atom. The van der Waals surface area contributed by atoms with Crippen molar-refractivity contribution in [2.45, 2.75) is 12.5 Å². The molecule has 0 radical (unpaired) electrons. The summed E-state index contributed by atoms with van der Waals surface area (Å²) < 4.78 is 115. The van der Waals surface area contributed by atoms with Crippen molar-refractivity contribution >= 4 is 5.97 Å². The summed E-state index contributed by atoms with van der Waals surface area (Å²) in [5.74, 6) is -4.39. The van der Waals surface area contributed by atoms with Crippen molar-refractivity contribution in [2.24, 2.45) is 0 Å². The molecule has 0 amide bonds. The molecule has 0 saturated heterocycles. The maximum atomic E-state index is 13.0. The van der Waals surface area contributed by atoms with Crippen molar-refractivity contribution in [2.75, 3.05) is 14.1 Å². The fourth-order valence-corrected chi connectivity index (χ4v) is 1.90. The zero-order valence-electron chi connectivity index (χ0n) is 16.6. The van der Waals surface area contributed by atoms with Gasteiger partial charge in [-0.1, -0.05) is 0 Å². The van der Waals surface area contributed by atoms with Gasteiger partial charge in [0.25, 0.3) is 0 Å². The summed E-state index contributed by atoms with van der Waals surface area (Å²) in [7, 11) is -2.26. The Bertz CT molecular complexity index is 962. The number of ether oxygens (including phenoxy) is 4. The standard InChI is InChI=1S/C16H11F6NO5/c1-25-11-6-9(28-16(20,21)22)3-4-10(11)27-12-5-8(15(17,18)19)7-23-13(12)14(24)26-2/h3-7H,1-2H3/i1D3. The van der Waals surface area contributed by atoms with Gasteiger partial charge >= 0.3 is 18.5 Å². The van der Waals surface area contributed by atoms with Gasteiger partial charge in [-0.2, -0.15) is 13.2 Å². The normalized spacial score (nSPS) is 13.8. The number of esters is 1. The Kier molecular flexibility index (Phi) is 4.74. The number of alkyl halides is 6. The predicted molar refractivity (Wildman–Crippen MR) is 80.3 cm³/mol. The quantitative estimate of drug-likeness (QED) is 0.527. The van der Waals surface area contributed by atoms with Crippen LogP contribution in [0.15, 0.2) is 30.5 Å². The molecule has 0 aliphatic heterocycles. The Balaban J connectivity index is 2.56. The number of nitrogens with zero attached hydrogens (tertiary/aromatic N) is 1. The number of halogens is 6. The lowest BCUT2D eigenvalue weighted by Gasteiger charge is -2.15. The summed E-state index contributed by atoms with van der Waals surface area (Å²) >= 11 is 0. The van der Waals surface area contributed by atoms with Crippen molar-refractivity contribution in [3.05, 3.63) is 41.7 Å². The van der Waals surface area contributed by atoms with Crippen LogP contribution in [-0.2, 0) is 10.9 Å². The van der Waals surface area contributed by atoms with E-state index in [0.29, 0.717) is 24.4 Å². The minimum absolute atomic E-state index is 0.333. The van der Waals surface area contributed by atoms with Crippen LogP contribution in [0, 0.1) is 0 Å². The van der Waals surface area contributed by atoms with E-state index >= 15 is 0 Å².